The van der Waals surface area contributed by atoms with E-state index in [9.17, 15) is 18.5 Å². The lowest BCUT2D eigenvalue weighted by Gasteiger charge is -2.02. The zero-order valence-corrected chi connectivity index (χ0v) is 12.4. The third-order valence-electron chi connectivity index (χ3n) is 3.13. The van der Waals surface area contributed by atoms with Gasteiger partial charge in [0.15, 0.2) is 0 Å². The standard InChI is InChI=1S/C14H10N4O4S/c19-18(20)12-6-8-13(9-7-12)23(21,22)17-10-14(15-16-17)11-4-2-1-3-5-11/h1-10H. The molecule has 0 amide bonds. The molecule has 0 saturated carbocycles. The molecule has 9 heteroatoms. The Labute approximate surface area is 131 Å². The summed E-state index contributed by atoms with van der Waals surface area (Å²) in [6.45, 7) is 0. The van der Waals surface area contributed by atoms with Gasteiger partial charge in [-0.2, -0.15) is 8.42 Å². The van der Waals surface area contributed by atoms with Crippen LogP contribution >= 0.6 is 0 Å². The minimum atomic E-state index is -3.95. The molecule has 23 heavy (non-hydrogen) atoms. The topological polar surface area (TPSA) is 108 Å². The zero-order chi connectivity index (χ0) is 16.4. The summed E-state index contributed by atoms with van der Waals surface area (Å²) in [5, 5.41) is 18.1. The molecule has 0 aliphatic heterocycles. The number of hydrogen-bond donors (Lipinski definition) is 0. The van der Waals surface area contributed by atoms with Crippen LogP contribution in [0.2, 0.25) is 0 Å². The van der Waals surface area contributed by atoms with Crippen molar-refractivity contribution in [2.45, 2.75) is 4.90 Å². The van der Waals surface area contributed by atoms with Gasteiger partial charge in [0, 0.05) is 17.7 Å². The molecule has 0 N–H and O–H groups in total. The van der Waals surface area contributed by atoms with E-state index in [1.165, 1.54) is 6.20 Å². The van der Waals surface area contributed by atoms with E-state index in [0.29, 0.717) is 5.69 Å². The molecule has 0 radical (unpaired) electrons. The molecule has 2 aromatic carbocycles. The molecule has 116 valence electrons. The fraction of sp³-hybridized carbons (Fsp3) is 0. The van der Waals surface area contributed by atoms with Gasteiger partial charge in [-0.25, -0.2) is 0 Å². The summed E-state index contributed by atoms with van der Waals surface area (Å²) in [6.07, 6.45) is 1.30. The predicted molar refractivity (Wildman–Crippen MR) is 81.1 cm³/mol. The molecule has 0 saturated heterocycles. The third-order valence-corrected chi connectivity index (χ3v) is 4.67. The van der Waals surface area contributed by atoms with E-state index in [0.717, 1.165) is 33.9 Å². The zero-order valence-electron chi connectivity index (χ0n) is 11.6. The number of nitrogens with zero attached hydrogens (tertiary/aromatic N) is 4. The number of nitro benzene ring substituents is 1. The Morgan fingerprint density at radius 2 is 1.65 bits per heavy atom. The molecule has 0 fully saturated rings. The van der Waals surface area contributed by atoms with Crippen LogP contribution in [0.4, 0.5) is 5.69 Å². The fourth-order valence-electron chi connectivity index (χ4n) is 1.95. The summed E-state index contributed by atoms with van der Waals surface area (Å²) in [7, 11) is -3.95. The van der Waals surface area contributed by atoms with E-state index in [1.54, 1.807) is 24.3 Å². The number of non-ortho nitro benzene ring substituents is 1. The lowest BCUT2D eigenvalue weighted by molar-refractivity contribution is -0.384. The summed E-state index contributed by atoms with van der Waals surface area (Å²) in [6, 6.07) is 13.6. The summed E-state index contributed by atoms with van der Waals surface area (Å²) in [4.78, 5) is 9.92. The van der Waals surface area contributed by atoms with Gasteiger partial charge in [-0.1, -0.05) is 35.5 Å². The van der Waals surface area contributed by atoms with Crippen molar-refractivity contribution < 1.29 is 13.3 Å². The average molecular weight is 330 g/mol. The van der Waals surface area contributed by atoms with Crippen molar-refractivity contribution in [3.8, 4) is 11.3 Å². The highest BCUT2D eigenvalue weighted by Crippen LogP contribution is 2.20. The van der Waals surface area contributed by atoms with Crippen molar-refractivity contribution in [3.63, 3.8) is 0 Å². The number of nitro groups is 1. The van der Waals surface area contributed by atoms with E-state index in [-0.39, 0.29) is 10.6 Å². The quantitative estimate of drug-likeness (QED) is 0.535. The van der Waals surface area contributed by atoms with Crippen LogP contribution in [-0.2, 0) is 10.0 Å². The van der Waals surface area contributed by atoms with Crippen LogP contribution in [0, 0.1) is 10.1 Å². The molecule has 0 atom stereocenters. The third kappa shape index (κ3) is 2.81. The van der Waals surface area contributed by atoms with Gasteiger partial charge >= 0.3 is 0 Å². The Balaban J connectivity index is 1.97. The van der Waals surface area contributed by atoms with Gasteiger partial charge < -0.3 is 0 Å². The maximum atomic E-state index is 12.5. The van der Waals surface area contributed by atoms with Crippen molar-refractivity contribution in [1.29, 1.82) is 0 Å². The molecule has 1 aromatic heterocycles. The van der Waals surface area contributed by atoms with Crippen LogP contribution in [0.1, 0.15) is 0 Å². The molecule has 0 aliphatic rings. The van der Waals surface area contributed by atoms with Gasteiger partial charge in [-0.3, -0.25) is 10.1 Å². The first kappa shape index (κ1) is 14.9. The molecule has 0 spiro atoms. The lowest BCUT2D eigenvalue weighted by atomic mass is 10.2. The van der Waals surface area contributed by atoms with E-state index in [4.69, 9.17) is 0 Å². The summed E-state index contributed by atoms with van der Waals surface area (Å²) < 4.78 is 25.6. The predicted octanol–water partition coefficient (Wildman–Crippen LogP) is 2.09. The Morgan fingerprint density at radius 1 is 1.00 bits per heavy atom. The minimum absolute atomic E-state index is 0.104. The van der Waals surface area contributed by atoms with Crippen molar-refractivity contribution in [2.75, 3.05) is 0 Å². The molecule has 0 aliphatic carbocycles. The van der Waals surface area contributed by atoms with Crippen LogP contribution in [0.15, 0.2) is 65.7 Å². The van der Waals surface area contributed by atoms with Gasteiger partial charge in [0.2, 0.25) is 0 Å². The van der Waals surface area contributed by atoms with Crippen LogP contribution in [0.3, 0.4) is 0 Å². The van der Waals surface area contributed by atoms with E-state index < -0.39 is 14.9 Å². The largest absolute Gasteiger partial charge is 0.284 e. The van der Waals surface area contributed by atoms with Crippen molar-refractivity contribution >= 4 is 15.7 Å². The van der Waals surface area contributed by atoms with Crippen molar-refractivity contribution in [1.82, 2.24) is 14.4 Å². The van der Waals surface area contributed by atoms with Crippen LogP contribution < -0.4 is 0 Å². The fourth-order valence-corrected chi connectivity index (χ4v) is 3.02. The van der Waals surface area contributed by atoms with E-state index in [1.807, 2.05) is 6.07 Å². The number of hydrogen-bond acceptors (Lipinski definition) is 6. The van der Waals surface area contributed by atoms with Crippen LogP contribution in [0.25, 0.3) is 11.3 Å². The number of benzene rings is 2. The van der Waals surface area contributed by atoms with Crippen LogP contribution in [0.5, 0.6) is 0 Å². The highest BCUT2D eigenvalue weighted by atomic mass is 32.2. The highest BCUT2D eigenvalue weighted by Gasteiger charge is 2.20. The van der Waals surface area contributed by atoms with E-state index in [2.05, 4.69) is 10.3 Å². The molecule has 1 heterocycles. The molecule has 3 rings (SSSR count). The molecule has 8 nitrogen and oxygen atoms in total. The van der Waals surface area contributed by atoms with Gasteiger partial charge in [-0.05, 0) is 12.1 Å². The SMILES string of the molecule is O=[N+]([O-])c1ccc(S(=O)(=O)n2cc(-c3ccccc3)nn2)cc1. The molecular weight excluding hydrogens is 320 g/mol. The maximum absolute atomic E-state index is 12.5. The van der Waals surface area contributed by atoms with Gasteiger partial charge in [0.1, 0.15) is 5.69 Å². The first-order chi connectivity index (χ1) is 11.0. The Kier molecular flexibility index (Phi) is 3.62. The van der Waals surface area contributed by atoms with Crippen molar-refractivity contribution in [3.05, 3.63) is 70.9 Å². The smallest absolute Gasteiger partial charge is 0.258 e. The highest BCUT2D eigenvalue weighted by molar-refractivity contribution is 7.89. The Hall–Kier alpha value is -3.07. The van der Waals surface area contributed by atoms with Gasteiger partial charge in [0.05, 0.1) is 16.0 Å². The summed E-state index contributed by atoms with van der Waals surface area (Å²) in [5.74, 6) is 0. The molecule has 3 aromatic rings. The first-order valence-electron chi connectivity index (χ1n) is 6.46. The monoisotopic (exact) mass is 330 g/mol. The molecule has 0 unspecified atom stereocenters. The Morgan fingerprint density at radius 3 is 2.26 bits per heavy atom. The maximum Gasteiger partial charge on any atom is 0.284 e. The van der Waals surface area contributed by atoms with Crippen LogP contribution in [-0.4, -0.2) is 27.7 Å². The number of aromatic nitrogens is 3. The summed E-state index contributed by atoms with van der Waals surface area (Å²) in [5.41, 5.74) is 0.959. The number of rotatable bonds is 4. The van der Waals surface area contributed by atoms with E-state index >= 15 is 0 Å². The second kappa shape index (κ2) is 5.61. The van der Waals surface area contributed by atoms with Gasteiger partial charge in [0.25, 0.3) is 15.7 Å². The molecule has 0 bridgehead atoms. The second-order valence-electron chi connectivity index (χ2n) is 4.60. The normalized spacial score (nSPS) is 11.3. The minimum Gasteiger partial charge on any atom is -0.258 e. The first-order valence-corrected chi connectivity index (χ1v) is 7.90. The Bertz CT molecular complexity index is 950. The lowest BCUT2D eigenvalue weighted by Crippen LogP contribution is -2.13. The van der Waals surface area contributed by atoms with Crippen molar-refractivity contribution in [2.24, 2.45) is 0 Å². The summed E-state index contributed by atoms with van der Waals surface area (Å²) >= 11 is 0. The second-order valence-corrected chi connectivity index (χ2v) is 6.39. The molecular formula is C14H10N4O4S. The average Bonchev–Trinajstić information content (AvgIpc) is 3.06. The van der Waals surface area contributed by atoms with Gasteiger partial charge in [-0.15, -0.1) is 9.19 Å².